The predicted molar refractivity (Wildman–Crippen MR) is 93.2 cm³/mol. The van der Waals surface area contributed by atoms with Crippen LogP contribution in [0.2, 0.25) is 0 Å². The molecule has 2 aromatic heterocycles. The first-order valence-corrected chi connectivity index (χ1v) is 8.54. The van der Waals surface area contributed by atoms with Crippen LogP contribution in [-0.2, 0) is 6.42 Å². The summed E-state index contributed by atoms with van der Waals surface area (Å²) in [6.07, 6.45) is 1.07. The predicted octanol–water partition coefficient (Wildman–Crippen LogP) is 2.07. The molecule has 1 N–H and O–H groups in total. The van der Waals surface area contributed by atoms with Gasteiger partial charge in [-0.25, -0.2) is 9.37 Å². The number of oxazole rings is 1. The average Bonchev–Trinajstić information content (AvgIpc) is 3.15. The van der Waals surface area contributed by atoms with Gasteiger partial charge in [0.05, 0.1) is 30.0 Å². The maximum Gasteiger partial charge on any atom is 0.276 e. The van der Waals surface area contributed by atoms with Crippen LogP contribution in [-0.4, -0.2) is 49.8 Å². The highest BCUT2D eigenvalue weighted by molar-refractivity contribution is 5.92. The molecule has 0 radical (unpaired) electrons. The Bertz CT molecular complexity index is 973. The molecule has 1 amide bonds. The molecule has 2 atom stereocenters. The monoisotopic (exact) mass is 368 g/mol. The van der Waals surface area contributed by atoms with Gasteiger partial charge < -0.3 is 14.4 Å². The van der Waals surface area contributed by atoms with Crippen molar-refractivity contribution in [2.75, 3.05) is 6.54 Å². The van der Waals surface area contributed by atoms with E-state index < -0.39 is 6.10 Å². The Balaban J connectivity index is 1.45. The third kappa shape index (κ3) is 3.31. The fourth-order valence-electron chi connectivity index (χ4n) is 2.92. The minimum atomic E-state index is -0.497. The number of aliphatic hydroxyl groups is 1. The summed E-state index contributed by atoms with van der Waals surface area (Å²) in [6.45, 7) is 2.07. The lowest BCUT2D eigenvalue weighted by Gasteiger charge is -2.42. The van der Waals surface area contributed by atoms with Gasteiger partial charge in [-0.3, -0.25) is 4.79 Å². The fraction of sp³-hybridized carbons (Fsp3) is 0.263. The smallest absolute Gasteiger partial charge is 0.276 e. The van der Waals surface area contributed by atoms with E-state index in [1.165, 1.54) is 17.2 Å². The Morgan fingerprint density at radius 1 is 1.30 bits per heavy atom. The van der Waals surface area contributed by atoms with Crippen LogP contribution in [0, 0.1) is 5.82 Å². The molecule has 1 fully saturated rings. The maximum atomic E-state index is 13.8. The van der Waals surface area contributed by atoms with E-state index in [-0.39, 0.29) is 29.9 Å². The first-order chi connectivity index (χ1) is 13.0. The SMILES string of the molecule is C[C@H]1[C@@H](O)CN1C(=O)c1coc(Cc2ccc(-c3ccccc3F)nn2)n1. The van der Waals surface area contributed by atoms with Gasteiger partial charge in [0.2, 0.25) is 5.89 Å². The minimum Gasteiger partial charge on any atom is -0.448 e. The molecule has 3 aromatic rings. The van der Waals surface area contributed by atoms with Gasteiger partial charge in [0.25, 0.3) is 5.91 Å². The number of β-amino-alcohol motifs (C(OH)–C–C–N with tert-alkyl or cyclic N) is 1. The molecule has 1 aromatic carbocycles. The summed E-state index contributed by atoms with van der Waals surface area (Å²) in [4.78, 5) is 18.0. The van der Waals surface area contributed by atoms with Crippen LogP contribution in [0.3, 0.4) is 0 Å². The highest BCUT2D eigenvalue weighted by Crippen LogP contribution is 2.22. The molecule has 0 bridgehead atoms. The Labute approximate surface area is 154 Å². The Morgan fingerprint density at radius 3 is 2.78 bits per heavy atom. The highest BCUT2D eigenvalue weighted by atomic mass is 19.1. The molecular formula is C19H17FN4O3. The van der Waals surface area contributed by atoms with Crippen LogP contribution >= 0.6 is 0 Å². The van der Waals surface area contributed by atoms with Crippen LogP contribution in [0.4, 0.5) is 4.39 Å². The first kappa shape index (κ1) is 17.3. The Morgan fingerprint density at radius 2 is 2.11 bits per heavy atom. The van der Waals surface area contributed by atoms with Crippen molar-refractivity contribution >= 4 is 5.91 Å². The van der Waals surface area contributed by atoms with Crippen molar-refractivity contribution in [3.63, 3.8) is 0 Å². The number of nitrogens with zero attached hydrogens (tertiary/aromatic N) is 4. The zero-order valence-electron chi connectivity index (χ0n) is 14.5. The lowest BCUT2D eigenvalue weighted by Crippen LogP contribution is -2.60. The highest BCUT2D eigenvalue weighted by Gasteiger charge is 2.38. The number of carbonyl (C=O) groups is 1. The Kier molecular flexibility index (Phi) is 4.41. The van der Waals surface area contributed by atoms with Crippen molar-refractivity contribution in [2.24, 2.45) is 0 Å². The van der Waals surface area contributed by atoms with E-state index in [9.17, 15) is 14.3 Å². The standard InChI is InChI=1S/C19H17FN4O3/c1-11-17(25)9-24(11)19(26)16-10-27-18(21-16)8-12-6-7-15(23-22-12)13-4-2-3-5-14(13)20/h2-7,10-11,17,25H,8-9H2,1H3/t11-,17-/m0/s1. The molecule has 1 aliphatic heterocycles. The van der Waals surface area contributed by atoms with E-state index in [4.69, 9.17) is 4.42 Å². The van der Waals surface area contributed by atoms with Gasteiger partial charge in [0.15, 0.2) is 5.69 Å². The molecule has 1 aliphatic rings. The quantitative estimate of drug-likeness (QED) is 0.758. The second-order valence-electron chi connectivity index (χ2n) is 6.46. The molecule has 0 saturated carbocycles. The Hall–Kier alpha value is -3.13. The molecule has 7 nitrogen and oxygen atoms in total. The topological polar surface area (TPSA) is 92.3 Å². The van der Waals surface area contributed by atoms with Crippen molar-refractivity contribution in [3.8, 4) is 11.3 Å². The van der Waals surface area contributed by atoms with Gasteiger partial charge in [0, 0.05) is 12.1 Å². The largest absolute Gasteiger partial charge is 0.448 e. The zero-order valence-corrected chi connectivity index (χ0v) is 14.5. The summed E-state index contributed by atoms with van der Waals surface area (Å²) in [5.41, 5.74) is 1.60. The van der Waals surface area contributed by atoms with Crippen LogP contribution in [0.25, 0.3) is 11.3 Å². The van der Waals surface area contributed by atoms with Crippen LogP contribution in [0.5, 0.6) is 0 Å². The number of halogens is 1. The van der Waals surface area contributed by atoms with E-state index in [1.54, 1.807) is 37.3 Å². The average molecular weight is 368 g/mol. The van der Waals surface area contributed by atoms with Crippen LogP contribution < -0.4 is 0 Å². The minimum absolute atomic E-state index is 0.194. The number of hydrogen-bond donors (Lipinski definition) is 1. The van der Waals surface area contributed by atoms with E-state index in [0.29, 0.717) is 29.4 Å². The summed E-state index contributed by atoms with van der Waals surface area (Å²) in [6, 6.07) is 9.52. The molecule has 8 heteroatoms. The molecule has 1 saturated heterocycles. The van der Waals surface area contributed by atoms with Crippen LogP contribution in [0.15, 0.2) is 47.1 Å². The third-order valence-electron chi connectivity index (χ3n) is 4.67. The first-order valence-electron chi connectivity index (χ1n) is 8.54. The van der Waals surface area contributed by atoms with Crippen molar-refractivity contribution < 1.29 is 18.7 Å². The second-order valence-corrected chi connectivity index (χ2v) is 6.46. The number of hydrogen-bond acceptors (Lipinski definition) is 6. The maximum absolute atomic E-state index is 13.8. The van der Waals surface area contributed by atoms with Crippen molar-refractivity contribution in [2.45, 2.75) is 25.5 Å². The third-order valence-corrected chi connectivity index (χ3v) is 4.67. The number of aromatic nitrogens is 3. The number of likely N-dealkylation sites (tertiary alicyclic amines) is 1. The van der Waals surface area contributed by atoms with Gasteiger partial charge in [-0.1, -0.05) is 12.1 Å². The number of benzene rings is 1. The fourth-order valence-corrected chi connectivity index (χ4v) is 2.92. The molecule has 0 aliphatic carbocycles. The van der Waals surface area contributed by atoms with E-state index >= 15 is 0 Å². The molecule has 0 unspecified atom stereocenters. The van der Waals surface area contributed by atoms with E-state index in [1.807, 2.05) is 0 Å². The molecule has 27 heavy (non-hydrogen) atoms. The molecule has 138 valence electrons. The zero-order chi connectivity index (χ0) is 19.0. The van der Waals surface area contributed by atoms with Gasteiger partial charge >= 0.3 is 0 Å². The van der Waals surface area contributed by atoms with Gasteiger partial charge in [-0.15, -0.1) is 0 Å². The van der Waals surface area contributed by atoms with E-state index in [0.717, 1.165) is 0 Å². The summed E-state index contributed by atoms with van der Waals surface area (Å²) in [5, 5.41) is 17.7. The van der Waals surface area contributed by atoms with Crippen molar-refractivity contribution in [3.05, 3.63) is 65.8 Å². The van der Waals surface area contributed by atoms with Crippen LogP contribution in [0.1, 0.15) is 29.0 Å². The lowest BCUT2D eigenvalue weighted by molar-refractivity contribution is -0.0360. The number of rotatable bonds is 4. The lowest BCUT2D eigenvalue weighted by atomic mass is 10.0. The summed E-state index contributed by atoms with van der Waals surface area (Å²) in [5.74, 6) is -0.301. The number of aliphatic hydroxyl groups excluding tert-OH is 1. The molecule has 4 rings (SSSR count). The molecular weight excluding hydrogens is 351 g/mol. The summed E-state index contributed by atoms with van der Waals surface area (Å²) in [7, 11) is 0. The van der Waals surface area contributed by atoms with Gasteiger partial charge in [0.1, 0.15) is 12.1 Å². The van der Waals surface area contributed by atoms with Gasteiger partial charge in [-0.2, -0.15) is 10.2 Å². The van der Waals surface area contributed by atoms with E-state index in [2.05, 4.69) is 15.2 Å². The summed E-state index contributed by atoms with van der Waals surface area (Å²) < 4.78 is 19.2. The van der Waals surface area contributed by atoms with Crippen molar-refractivity contribution in [1.29, 1.82) is 0 Å². The molecule has 0 spiro atoms. The normalized spacial score (nSPS) is 19.0. The second kappa shape index (κ2) is 6.88. The van der Waals surface area contributed by atoms with Gasteiger partial charge in [-0.05, 0) is 31.2 Å². The number of carbonyl (C=O) groups excluding carboxylic acids is 1. The number of amides is 1. The summed E-state index contributed by atoms with van der Waals surface area (Å²) >= 11 is 0. The molecule has 3 heterocycles. The van der Waals surface area contributed by atoms with Crippen molar-refractivity contribution in [1.82, 2.24) is 20.1 Å².